The van der Waals surface area contributed by atoms with Gasteiger partial charge in [0.05, 0.1) is 17.9 Å². The third-order valence-corrected chi connectivity index (χ3v) is 4.48. The van der Waals surface area contributed by atoms with Crippen molar-refractivity contribution in [2.45, 2.75) is 58.6 Å². The molecule has 3 unspecified atom stereocenters. The molecule has 1 fully saturated rings. The summed E-state index contributed by atoms with van der Waals surface area (Å²) in [4.78, 5) is 23.1. The summed E-state index contributed by atoms with van der Waals surface area (Å²) in [5.41, 5.74) is 1.19. The van der Waals surface area contributed by atoms with Gasteiger partial charge in [-0.25, -0.2) is 0 Å². The van der Waals surface area contributed by atoms with Gasteiger partial charge in [-0.3, -0.25) is 9.59 Å². The number of hydrogen-bond acceptors (Lipinski definition) is 3. The van der Waals surface area contributed by atoms with Crippen LogP contribution in [0.2, 0.25) is 0 Å². The fraction of sp³-hybridized carbons (Fsp3) is 0.579. The second-order valence-electron chi connectivity index (χ2n) is 6.89. The molecule has 1 aromatic carbocycles. The van der Waals surface area contributed by atoms with E-state index in [1.54, 1.807) is 0 Å². The fourth-order valence-electron chi connectivity index (χ4n) is 2.92. The van der Waals surface area contributed by atoms with Gasteiger partial charge >= 0.3 is 5.97 Å². The standard InChI is InChI=1S/C19H27NO4/c1-12(2)24-15-8-6-14(7-9-15)5-4-13(3)20-18(21)16-10-11-17(16)19(22)23/h6-9,12-13,16-17H,4-5,10-11H2,1-3H3,(H,20,21)(H,22,23). The van der Waals surface area contributed by atoms with Crippen molar-refractivity contribution >= 4 is 11.9 Å². The Morgan fingerprint density at radius 1 is 1.17 bits per heavy atom. The summed E-state index contributed by atoms with van der Waals surface area (Å²) in [6, 6.07) is 8.03. The molecule has 2 N–H and O–H groups in total. The number of amides is 1. The third kappa shape index (κ3) is 4.98. The molecule has 0 aliphatic heterocycles. The number of carbonyl (C=O) groups is 2. The van der Waals surface area contributed by atoms with Crippen molar-refractivity contribution in [3.8, 4) is 5.75 Å². The van der Waals surface area contributed by atoms with Gasteiger partial charge < -0.3 is 15.2 Å². The van der Waals surface area contributed by atoms with E-state index in [1.807, 2.05) is 45.0 Å². The minimum Gasteiger partial charge on any atom is -0.491 e. The summed E-state index contributed by atoms with van der Waals surface area (Å²) in [6.45, 7) is 5.95. The number of benzene rings is 1. The summed E-state index contributed by atoms with van der Waals surface area (Å²) in [5.74, 6) is -0.998. The lowest BCUT2D eigenvalue weighted by molar-refractivity contribution is -0.152. The smallest absolute Gasteiger partial charge is 0.307 e. The first-order valence-electron chi connectivity index (χ1n) is 8.65. The average molecular weight is 333 g/mol. The number of aliphatic carboxylic acids is 1. The van der Waals surface area contributed by atoms with Crippen LogP contribution in [0.15, 0.2) is 24.3 Å². The zero-order valence-corrected chi connectivity index (χ0v) is 14.6. The van der Waals surface area contributed by atoms with Crippen molar-refractivity contribution in [1.29, 1.82) is 0 Å². The normalized spacial score (nSPS) is 21.0. The number of aryl methyl sites for hydroxylation is 1. The number of carboxylic acids is 1. The number of nitrogens with one attached hydrogen (secondary N) is 1. The van der Waals surface area contributed by atoms with Gasteiger partial charge in [0.2, 0.25) is 5.91 Å². The van der Waals surface area contributed by atoms with Crippen molar-refractivity contribution in [2.24, 2.45) is 11.8 Å². The summed E-state index contributed by atoms with van der Waals surface area (Å²) < 4.78 is 5.62. The molecule has 24 heavy (non-hydrogen) atoms. The van der Waals surface area contributed by atoms with Crippen LogP contribution in [0.1, 0.15) is 45.6 Å². The number of ether oxygens (including phenoxy) is 1. The molecule has 0 aromatic heterocycles. The highest BCUT2D eigenvalue weighted by atomic mass is 16.5. The minimum atomic E-state index is -0.863. The number of carboxylic acid groups (broad SMARTS) is 1. The van der Waals surface area contributed by atoms with Gasteiger partial charge in [0, 0.05) is 6.04 Å². The molecule has 132 valence electrons. The lowest BCUT2D eigenvalue weighted by Crippen LogP contribution is -2.46. The van der Waals surface area contributed by atoms with Gasteiger partial charge in [-0.15, -0.1) is 0 Å². The van der Waals surface area contributed by atoms with Crippen LogP contribution < -0.4 is 10.1 Å². The van der Waals surface area contributed by atoms with E-state index in [4.69, 9.17) is 9.84 Å². The monoisotopic (exact) mass is 333 g/mol. The van der Waals surface area contributed by atoms with Gasteiger partial charge in [0.15, 0.2) is 0 Å². The van der Waals surface area contributed by atoms with E-state index >= 15 is 0 Å². The Morgan fingerprint density at radius 2 is 1.79 bits per heavy atom. The molecule has 0 radical (unpaired) electrons. The van der Waals surface area contributed by atoms with Crippen molar-refractivity contribution in [1.82, 2.24) is 5.32 Å². The fourth-order valence-corrected chi connectivity index (χ4v) is 2.92. The lowest BCUT2D eigenvalue weighted by Gasteiger charge is -2.32. The molecular weight excluding hydrogens is 306 g/mol. The maximum atomic E-state index is 12.1. The Labute approximate surface area is 143 Å². The first-order chi connectivity index (χ1) is 11.4. The summed E-state index contributed by atoms with van der Waals surface area (Å²) in [6.07, 6.45) is 3.11. The van der Waals surface area contributed by atoms with Crippen LogP contribution >= 0.6 is 0 Å². The maximum absolute atomic E-state index is 12.1. The highest BCUT2D eigenvalue weighted by molar-refractivity contribution is 5.86. The highest BCUT2D eigenvalue weighted by Crippen LogP contribution is 2.34. The Kier molecular flexibility index (Phi) is 6.23. The molecule has 0 heterocycles. The van der Waals surface area contributed by atoms with Crippen molar-refractivity contribution in [2.75, 3.05) is 0 Å². The Morgan fingerprint density at radius 3 is 2.29 bits per heavy atom. The van der Waals surface area contributed by atoms with Crippen LogP contribution in [0.4, 0.5) is 0 Å². The maximum Gasteiger partial charge on any atom is 0.307 e. The van der Waals surface area contributed by atoms with Gasteiger partial charge in [-0.05, 0) is 64.2 Å². The number of rotatable bonds is 8. The van der Waals surface area contributed by atoms with Gasteiger partial charge in [0.1, 0.15) is 5.75 Å². The molecule has 2 rings (SSSR count). The predicted molar refractivity (Wildman–Crippen MR) is 92.0 cm³/mol. The SMILES string of the molecule is CC(CCc1ccc(OC(C)C)cc1)NC(=O)C1CCC1C(=O)O. The van der Waals surface area contributed by atoms with Crippen molar-refractivity contribution < 1.29 is 19.4 Å². The van der Waals surface area contributed by atoms with Crippen LogP contribution in [0.3, 0.4) is 0 Å². The molecule has 0 saturated heterocycles. The topological polar surface area (TPSA) is 75.6 Å². The molecule has 0 spiro atoms. The largest absolute Gasteiger partial charge is 0.491 e. The molecule has 5 heteroatoms. The van der Waals surface area contributed by atoms with E-state index in [9.17, 15) is 9.59 Å². The van der Waals surface area contributed by atoms with Crippen molar-refractivity contribution in [3.63, 3.8) is 0 Å². The quantitative estimate of drug-likeness (QED) is 0.767. The van der Waals surface area contributed by atoms with E-state index in [0.29, 0.717) is 12.8 Å². The Balaban J connectivity index is 1.75. The molecule has 1 aromatic rings. The van der Waals surface area contributed by atoms with Gasteiger partial charge in [-0.1, -0.05) is 12.1 Å². The zero-order valence-electron chi connectivity index (χ0n) is 14.6. The van der Waals surface area contributed by atoms with E-state index < -0.39 is 11.9 Å². The minimum absolute atomic E-state index is 0.0270. The third-order valence-electron chi connectivity index (χ3n) is 4.48. The zero-order chi connectivity index (χ0) is 17.7. The first-order valence-corrected chi connectivity index (χ1v) is 8.65. The van der Waals surface area contributed by atoms with Crippen LogP contribution in [-0.2, 0) is 16.0 Å². The van der Waals surface area contributed by atoms with E-state index in [-0.39, 0.29) is 24.0 Å². The second-order valence-corrected chi connectivity index (χ2v) is 6.89. The number of hydrogen-bond donors (Lipinski definition) is 2. The lowest BCUT2D eigenvalue weighted by atomic mass is 9.73. The van der Waals surface area contributed by atoms with Crippen LogP contribution in [0.5, 0.6) is 5.75 Å². The molecule has 0 bridgehead atoms. The van der Waals surface area contributed by atoms with Crippen LogP contribution in [-0.4, -0.2) is 29.1 Å². The Hall–Kier alpha value is -2.04. The molecule has 1 saturated carbocycles. The first kappa shape index (κ1) is 18.3. The van der Waals surface area contributed by atoms with E-state index in [2.05, 4.69) is 5.32 Å². The molecule has 3 atom stereocenters. The van der Waals surface area contributed by atoms with Crippen molar-refractivity contribution in [3.05, 3.63) is 29.8 Å². The van der Waals surface area contributed by atoms with Crippen LogP contribution in [0, 0.1) is 11.8 Å². The van der Waals surface area contributed by atoms with E-state index in [1.165, 1.54) is 5.56 Å². The summed E-state index contributed by atoms with van der Waals surface area (Å²) >= 11 is 0. The number of carbonyl (C=O) groups excluding carboxylic acids is 1. The summed E-state index contributed by atoms with van der Waals surface area (Å²) in [5, 5.41) is 12.0. The van der Waals surface area contributed by atoms with Crippen LogP contribution in [0.25, 0.3) is 0 Å². The molecular formula is C19H27NO4. The summed E-state index contributed by atoms with van der Waals surface area (Å²) in [7, 11) is 0. The molecule has 1 aliphatic carbocycles. The highest BCUT2D eigenvalue weighted by Gasteiger charge is 2.41. The predicted octanol–water partition coefficient (Wildman–Crippen LogP) is 3.02. The second kappa shape index (κ2) is 8.18. The van der Waals surface area contributed by atoms with E-state index in [0.717, 1.165) is 18.6 Å². The molecule has 5 nitrogen and oxygen atoms in total. The molecule has 1 amide bonds. The van der Waals surface area contributed by atoms with Gasteiger partial charge in [0.25, 0.3) is 0 Å². The van der Waals surface area contributed by atoms with Gasteiger partial charge in [-0.2, -0.15) is 0 Å². The molecule has 1 aliphatic rings. The average Bonchev–Trinajstić information content (AvgIpc) is 2.44. The Bertz CT molecular complexity index is 567.